The zero-order valence-electron chi connectivity index (χ0n) is 12.7. The van der Waals surface area contributed by atoms with Crippen LogP contribution in [0.25, 0.3) is 21.8 Å². The van der Waals surface area contributed by atoms with E-state index in [9.17, 15) is 0 Å². The SMILES string of the molecule is c1ccc2c(c1)CCN2c1cccc2nc3ccccc3cc12. The van der Waals surface area contributed by atoms with Crippen molar-refractivity contribution in [2.75, 3.05) is 11.4 Å². The van der Waals surface area contributed by atoms with Gasteiger partial charge in [-0.25, -0.2) is 4.98 Å². The summed E-state index contributed by atoms with van der Waals surface area (Å²) in [5.41, 5.74) is 6.13. The van der Waals surface area contributed by atoms with E-state index < -0.39 is 0 Å². The number of hydrogen-bond donors (Lipinski definition) is 0. The van der Waals surface area contributed by atoms with Crippen molar-refractivity contribution in [2.24, 2.45) is 0 Å². The maximum absolute atomic E-state index is 4.84. The first-order valence-corrected chi connectivity index (χ1v) is 8.04. The Morgan fingerprint density at radius 2 is 1.52 bits per heavy atom. The molecule has 1 aliphatic rings. The van der Waals surface area contributed by atoms with E-state index in [-0.39, 0.29) is 0 Å². The van der Waals surface area contributed by atoms with Crippen LogP contribution < -0.4 is 4.90 Å². The highest BCUT2D eigenvalue weighted by molar-refractivity contribution is 6.01. The fourth-order valence-corrected chi connectivity index (χ4v) is 3.61. The van der Waals surface area contributed by atoms with Crippen molar-refractivity contribution in [3.8, 4) is 0 Å². The number of fused-ring (bicyclic) bond motifs is 3. The first kappa shape index (κ1) is 12.7. The summed E-state index contributed by atoms with van der Waals surface area (Å²) in [6.07, 6.45) is 1.10. The fourth-order valence-electron chi connectivity index (χ4n) is 3.61. The molecule has 0 amide bonds. The predicted octanol–water partition coefficient (Wildman–Crippen LogP) is 5.08. The third kappa shape index (κ3) is 1.92. The molecule has 0 saturated carbocycles. The van der Waals surface area contributed by atoms with Gasteiger partial charge in [0.25, 0.3) is 0 Å². The summed E-state index contributed by atoms with van der Waals surface area (Å²) in [5.74, 6) is 0. The topological polar surface area (TPSA) is 16.1 Å². The monoisotopic (exact) mass is 296 g/mol. The van der Waals surface area contributed by atoms with Crippen LogP contribution in [0.5, 0.6) is 0 Å². The van der Waals surface area contributed by atoms with Gasteiger partial charge in [-0.15, -0.1) is 0 Å². The normalized spacial score (nSPS) is 13.7. The summed E-state index contributed by atoms with van der Waals surface area (Å²) in [6.45, 7) is 1.03. The van der Waals surface area contributed by atoms with Gasteiger partial charge in [-0.2, -0.15) is 0 Å². The molecule has 0 bridgehead atoms. The molecule has 2 nitrogen and oxygen atoms in total. The van der Waals surface area contributed by atoms with E-state index in [2.05, 4.69) is 71.6 Å². The lowest BCUT2D eigenvalue weighted by Crippen LogP contribution is -2.13. The van der Waals surface area contributed by atoms with E-state index >= 15 is 0 Å². The molecule has 0 radical (unpaired) electrons. The third-order valence-corrected chi connectivity index (χ3v) is 4.72. The van der Waals surface area contributed by atoms with E-state index in [1.165, 1.54) is 27.7 Å². The number of nitrogens with zero attached hydrogens (tertiary/aromatic N) is 2. The lowest BCUT2D eigenvalue weighted by molar-refractivity contribution is 1.00. The number of hydrogen-bond acceptors (Lipinski definition) is 2. The fraction of sp³-hybridized carbons (Fsp3) is 0.0952. The standard InChI is InChI=1S/C21H16N2/c1-3-8-18-16(7-1)14-17-19(22-18)9-5-11-21(17)23-13-12-15-6-2-4-10-20(15)23/h1-11,14H,12-13H2. The smallest absolute Gasteiger partial charge is 0.0730 e. The van der Waals surface area contributed by atoms with Crippen molar-refractivity contribution < 1.29 is 0 Å². The molecule has 0 fully saturated rings. The van der Waals surface area contributed by atoms with Gasteiger partial charge in [-0.3, -0.25) is 0 Å². The van der Waals surface area contributed by atoms with Crippen LogP contribution >= 0.6 is 0 Å². The number of anilines is 2. The van der Waals surface area contributed by atoms with Gasteiger partial charge in [-0.05, 0) is 42.3 Å². The van der Waals surface area contributed by atoms with Gasteiger partial charge in [0.1, 0.15) is 0 Å². The average Bonchev–Trinajstić information content (AvgIpc) is 3.03. The van der Waals surface area contributed by atoms with Gasteiger partial charge in [-0.1, -0.05) is 42.5 Å². The zero-order valence-corrected chi connectivity index (χ0v) is 12.7. The maximum atomic E-state index is 4.84. The molecular weight excluding hydrogens is 280 g/mol. The molecule has 0 saturated heterocycles. The van der Waals surface area contributed by atoms with Gasteiger partial charge in [0.05, 0.1) is 16.7 Å². The van der Waals surface area contributed by atoms with Crippen molar-refractivity contribution in [3.63, 3.8) is 0 Å². The molecular formula is C21H16N2. The van der Waals surface area contributed by atoms with E-state index in [0.717, 1.165) is 24.0 Å². The van der Waals surface area contributed by atoms with Gasteiger partial charge >= 0.3 is 0 Å². The van der Waals surface area contributed by atoms with Crippen LogP contribution in [0.4, 0.5) is 11.4 Å². The van der Waals surface area contributed by atoms with Gasteiger partial charge < -0.3 is 4.90 Å². The molecule has 0 atom stereocenters. The molecule has 0 N–H and O–H groups in total. The van der Waals surface area contributed by atoms with E-state index in [0.29, 0.717) is 0 Å². The largest absolute Gasteiger partial charge is 0.340 e. The molecule has 0 unspecified atom stereocenters. The molecule has 23 heavy (non-hydrogen) atoms. The Kier molecular flexibility index (Phi) is 2.65. The first-order valence-electron chi connectivity index (χ1n) is 8.04. The Morgan fingerprint density at radius 1 is 0.739 bits per heavy atom. The van der Waals surface area contributed by atoms with Gasteiger partial charge in [0.2, 0.25) is 0 Å². The summed E-state index contributed by atoms with van der Waals surface area (Å²) in [7, 11) is 0. The molecule has 4 aromatic rings. The van der Waals surface area contributed by atoms with Crippen LogP contribution in [-0.4, -0.2) is 11.5 Å². The maximum Gasteiger partial charge on any atom is 0.0730 e. The Morgan fingerprint density at radius 3 is 2.52 bits per heavy atom. The number of aromatic nitrogens is 1. The quantitative estimate of drug-likeness (QED) is 0.455. The van der Waals surface area contributed by atoms with Gasteiger partial charge in [0.15, 0.2) is 0 Å². The third-order valence-electron chi connectivity index (χ3n) is 4.72. The second kappa shape index (κ2) is 4.82. The Labute approximate surface area is 135 Å². The molecule has 0 spiro atoms. The number of para-hydroxylation sites is 2. The minimum Gasteiger partial charge on any atom is -0.340 e. The number of rotatable bonds is 1. The van der Waals surface area contributed by atoms with Crippen molar-refractivity contribution in [2.45, 2.75) is 6.42 Å². The zero-order chi connectivity index (χ0) is 15.2. The highest BCUT2D eigenvalue weighted by atomic mass is 15.2. The molecule has 0 aliphatic carbocycles. The summed E-state index contributed by atoms with van der Waals surface area (Å²) in [6, 6.07) is 25.7. The molecule has 1 aliphatic heterocycles. The van der Waals surface area contributed by atoms with Crippen LogP contribution in [0.15, 0.2) is 72.8 Å². The van der Waals surface area contributed by atoms with Crippen molar-refractivity contribution in [3.05, 3.63) is 78.4 Å². The van der Waals surface area contributed by atoms with Crippen LogP contribution in [0.2, 0.25) is 0 Å². The molecule has 2 heteroatoms. The van der Waals surface area contributed by atoms with Crippen molar-refractivity contribution in [1.82, 2.24) is 4.98 Å². The second-order valence-electron chi connectivity index (χ2n) is 6.06. The first-order chi connectivity index (χ1) is 11.4. The summed E-state index contributed by atoms with van der Waals surface area (Å²) in [5, 5.41) is 2.42. The van der Waals surface area contributed by atoms with Crippen LogP contribution in [0.3, 0.4) is 0 Å². The Hall–Kier alpha value is -2.87. The minimum atomic E-state index is 1.03. The highest BCUT2D eigenvalue weighted by Gasteiger charge is 2.21. The minimum absolute atomic E-state index is 1.03. The second-order valence-corrected chi connectivity index (χ2v) is 6.06. The molecule has 110 valence electrons. The number of benzene rings is 3. The Balaban J connectivity index is 1.77. The van der Waals surface area contributed by atoms with E-state index in [4.69, 9.17) is 4.98 Å². The van der Waals surface area contributed by atoms with E-state index in [1.807, 2.05) is 6.07 Å². The lowest BCUT2D eigenvalue weighted by Gasteiger charge is -2.21. The summed E-state index contributed by atoms with van der Waals surface area (Å²) >= 11 is 0. The van der Waals surface area contributed by atoms with E-state index in [1.54, 1.807) is 0 Å². The molecule has 1 aromatic heterocycles. The van der Waals surface area contributed by atoms with Crippen LogP contribution in [0, 0.1) is 0 Å². The molecule has 5 rings (SSSR count). The summed E-state index contributed by atoms with van der Waals surface area (Å²) in [4.78, 5) is 7.26. The van der Waals surface area contributed by atoms with Crippen LogP contribution in [0.1, 0.15) is 5.56 Å². The number of pyridine rings is 1. The average molecular weight is 296 g/mol. The van der Waals surface area contributed by atoms with Crippen molar-refractivity contribution >= 4 is 33.2 Å². The van der Waals surface area contributed by atoms with Crippen molar-refractivity contribution in [1.29, 1.82) is 0 Å². The van der Waals surface area contributed by atoms with Gasteiger partial charge in [0, 0.05) is 23.0 Å². The Bertz CT molecular complexity index is 1040. The molecule has 2 heterocycles. The van der Waals surface area contributed by atoms with Crippen LogP contribution in [-0.2, 0) is 6.42 Å². The predicted molar refractivity (Wildman–Crippen MR) is 96.4 cm³/mol. The lowest BCUT2D eigenvalue weighted by atomic mass is 10.1. The summed E-state index contributed by atoms with van der Waals surface area (Å²) < 4.78 is 0. The molecule has 3 aromatic carbocycles. The highest BCUT2D eigenvalue weighted by Crippen LogP contribution is 2.38.